The average Bonchev–Trinajstić information content (AvgIpc) is 2.82. The van der Waals surface area contributed by atoms with Crippen LogP contribution in [0.5, 0.6) is 5.75 Å². The van der Waals surface area contributed by atoms with E-state index in [4.69, 9.17) is 14.5 Å². The molecule has 0 radical (unpaired) electrons. The van der Waals surface area contributed by atoms with Crippen molar-refractivity contribution in [2.75, 3.05) is 6.79 Å². The van der Waals surface area contributed by atoms with Crippen LogP contribution in [0.4, 0.5) is 4.39 Å². The quantitative estimate of drug-likeness (QED) is 0.309. The maximum absolute atomic E-state index is 14.1. The van der Waals surface area contributed by atoms with Crippen molar-refractivity contribution < 1.29 is 13.9 Å². The third kappa shape index (κ3) is 4.26. The number of aromatic nitrogens is 2. The second kappa shape index (κ2) is 9.14. The first-order chi connectivity index (χ1) is 15.7. The number of halogens is 1. The van der Waals surface area contributed by atoms with E-state index < -0.39 is 0 Å². The summed E-state index contributed by atoms with van der Waals surface area (Å²) in [5.41, 5.74) is 3.16. The van der Waals surface area contributed by atoms with Gasteiger partial charge in [0.15, 0.2) is 11.9 Å². The molecule has 5 rings (SSSR count). The second-order valence-corrected chi connectivity index (χ2v) is 8.50. The molecule has 7 heteroatoms. The minimum Gasteiger partial charge on any atom is -0.467 e. The van der Waals surface area contributed by atoms with Gasteiger partial charge >= 0.3 is 0 Å². The molecule has 0 atom stereocenters. The molecule has 0 bridgehead atoms. The van der Waals surface area contributed by atoms with Gasteiger partial charge in [-0.3, -0.25) is 9.36 Å². The number of ether oxygens (including phenoxy) is 2. The SMILES string of the molecule is O=c1c2ccccc2nc(SCc2cc(F)cc3c2OCOC3)n1CCc1ccccc1. The molecular weight excluding hydrogens is 427 g/mol. The monoisotopic (exact) mass is 448 g/mol. The molecular formula is C25H21FN2O3S. The molecule has 0 amide bonds. The molecule has 0 spiro atoms. The van der Waals surface area contributed by atoms with Crippen LogP contribution < -0.4 is 10.3 Å². The van der Waals surface area contributed by atoms with Crippen LogP contribution >= 0.6 is 11.8 Å². The smallest absolute Gasteiger partial charge is 0.262 e. The number of hydrogen-bond donors (Lipinski definition) is 0. The van der Waals surface area contributed by atoms with Gasteiger partial charge in [-0.1, -0.05) is 54.2 Å². The van der Waals surface area contributed by atoms with Gasteiger partial charge in [0.2, 0.25) is 0 Å². The van der Waals surface area contributed by atoms with E-state index in [1.54, 1.807) is 10.6 Å². The molecule has 1 aliphatic heterocycles. The molecule has 0 saturated heterocycles. The summed E-state index contributed by atoms with van der Waals surface area (Å²) in [6.45, 7) is 0.974. The van der Waals surface area contributed by atoms with E-state index in [0.29, 0.717) is 52.7 Å². The van der Waals surface area contributed by atoms with E-state index in [0.717, 1.165) is 11.1 Å². The standard InChI is InChI=1S/C25H21FN2O3S/c26-20-12-18-14-30-16-31-23(18)19(13-20)15-32-25-27-22-9-5-4-8-21(22)24(29)28(25)11-10-17-6-2-1-3-7-17/h1-9,12-13H,10-11,14-16H2. The fourth-order valence-corrected chi connectivity index (χ4v) is 4.84. The normalized spacial score (nSPS) is 13.0. The number of aryl methyl sites for hydroxylation is 1. The molecule has 0 saturated carbocycles. The maximum atomic E-state index is 14.1. The van der Waals surface area contributed by atoms with E-state index in [1.165, 1.54) is 23.9 Å². The van der Waals surface area contributed by atoms with E-state index in [-0.39, 0.29) is 18.2 Å². The van der Waals surface area contributed by atoms with Crippen molar-refractivity contribution in [1.29, 1.82) is 0 Å². The van der Waals surface area contributed by atoms with Crippen LogP contribution in [0, 0.1) is 5.82 Å². The van der Waals surface area contributed by atoms with Crippen LogP contribution in [0.25, 0.3) is 10.9 Å². The molecule has 4 aromatic rings. The lowest BCUT2D eigenvalue weighted by Crippen LogP contribution is -2.24. The van der Waals surface area contributed by atoms with Crippen LogP contribution in [0.3, 0.4) is 0 Å². The van der Waals surface area contributed by atoms with Crippen molar-refractivity contribution in [2.24, 2.45) is 0 Å². The Bertz CT molecular complexity index is 1320. The molecule has 0 N–H and O–H groups in total. The van der Waals surface area contributed by atoms with Gasteiger partial charge in [0.05, 0.1) is 17.5 Å². The van der Waals surface area contributed by atoms with Crippen molar-refractivity contribution in [3.63, 3.8) is 0 Å². The Morgan fingerprint density at radius 3 is 2.75 bits per heavy atom. The Morgan fingerprint density at radius 1 is 1.06 bits per heavy atom. The van der Waals surface area contributed by atoms with Gasteiger partial charge in [0.1, 0.15) is 11.6 Å². The number of rotatable bonds is 6. The number of hydrogen-bond acceptors (Lipinski definition) is 5. The average molecular weight is 449 g/mol. The Morgan fingerprint density at radius 2 is 1.88 bits per heavy atom. The Balaban J connectivity index is 1.49. The van der Waals surface area contributed by atoms with E-state index in [2.05, 4.69) is 0 Å². The van der Waals surface area contributed by atoms with Gasteiger partial charge in [-0.15, -0.1) is 0 Å². The third-order valence-corrected chi connectivity index (χ3v) is 6.43. The maximum Gasteiger partial charge on any atom is 0.262 e. The number of para-hydroxylation sites is 1. The van der Waals surface area contributed by atoms with Crippen molar-refractivity contribution in [3.05, 3.63) is 99.6 Å². The van der Waals surface area contributed by atoms with Crippen molar-refractivity contribution in [1.82, 2.24) is 9.55 Å². The van der Waals surface area contributed by atoms with Crippen LogP contribution in [0.2, 0.25) is 0 Å². The fraction of sp³-hybridized carbons (Fsp3) is 0.200. The molecule has 1 aliphatic rings. The number of thioether (sulfide) groups is 1. The summed E-state index contributed by atoms with van der Waals surface area (Å²) in [5.74, 6) is 0.751. The van der Waals surface area contributed by atoms with Crippen LogP contribution in [-0.4, -0.2) is 16.3 Å². The highest BCUT2D eigenvalue weighted by Gasteiger charge is 2.19. The molecule has 5 nitrogen and oxygen atoms in total. The number of fused-ring (bicyclic) bond motifs is 2. The summed E-state index contributed by atoms with van der Waals surface area (Å²) in [5, 5.41) is 1.20. The molecule has 162 valence electrons. The topological polar surface area (TPSA) is 53.4 Å². The lowest BCUT2D eigenvalue weighted by molar-refractivity contribution is -0.0171. The predicted molar refractivity (Wildman–Crippen MR) is 122 cm³/mol. The van der Waals surface area contributed by atoms with Crippen LogP contribution in [0.15, 0.2) is 76.7 Å². The summed E-state index contributed by atoms with van der Waals surface area (Å²) in [7, 11) is 0. The zero-order valence-corrected chi connectivity index (χ0v) is 18.1. The Kier molecular flexibility index (Phi) is 5.92. The first kappa shape index (κ1) is 20.7. The first-order valence-corrected chi connectivity index (χ1v) is 11.4. The second-order valence-electron chi connectivity index (χ2n) is 7.56. The van der Waals surface area contributed by atoms with Crippen molar-refractivity contribution in [2.45, 2.75) is 30.5 Å². The van der Waals surface area contributed by atoms with Gasteiger partial charge in [0, 0.05) is 23.4 Å². The molecule has 3 aromatic carbocycles. The Labute approximate surface area is 188 Å². The third-order valence-electron chi connectivity index (χ3n) is 5.40. The minimum atomic E-state index is -0.332. The summed E-state index contributed by atoms with van der Waals surface area (Å²) >= 11 is 1.41. The lowest BCUT2D eigenvalue weighted by Gasteiger charge is -2.21. The zero-order valence-electron chi connectivity index (χ0n) is 17.3. The van der Waals surface area contributed by atoms with Gasteiger partial charge in [-0.05, 0) is 36.2 Å². The van der Waals surface area contributed by atoms with E-state index >= 15 is 0 Å². The predicted octanol–water partition coefficient (Wildman–Crippen LogP) is 4.94. The van der Waals surface area contributed by atoms with Gasteiger partial charge in [-0.2, -0.15) is 0 Å². The molecule has 1 aromatic heterocycles. The highest BCUT2D eigenvalue weighted by molar-refractivity contribution is 7.98. The minimum absolute atomic E-state index is 0.0695. The van der Waals surface area contributed by atoms with Crippen molar-refractivity contribution in [3.8, 4) is 5.75 Å². The highest BCUT2D eigenvalue weighted by atomic mass is 32.2. The number of benzene rings is 3. The fourth-order valence-electron chi connectivity index (χ4n) is 3.85. The van der Waals surface area contributed by atoms with E-state index in [9.17, 15) is 9.18 Å². The van der Waals surface area contributed by atoms with Crippen LogP contribution in [0.1, 0.15) is 16.7 Å². The van der Waals surface area contributed by atoms with Crippen LogP contribution in [-0.2, 0) is 30.1 Å². The summed E-state index contributed by atoms with van der Waals surface area (Å²) in [6.07, 6.45) is 0.712. The van der Waals surface area contributed by atoms with Crippen molar-refractivity contribution >= 4 is 22.7 Å². The van der Waals surface area contributed by atoms with E-state index in [1.807, 2.05) is 48.5 Å². The summed E-state index contributed by atoms with van der Waals surface area (Å²) in [6, 6.07) is 20.3. The van der Waals surface area contributed by atoms with Gasteiger partial charge < -0.3 is 9.47 Å². The lowest BCUT2D eigenvalue weighted by atomic mass is 10.1. The van der Waals surface area contributed by atoms with Gasteiger partial charge in [0.25, 0.3) is 5.56 Å². The summed E-state index contributed by atoms with van der Waals surface area (Å²) < 4.78 is 26.8. The molecule has 0 fully saturated rings. The molecule has 0 unspecified atom stereocenters. The van der Waals surface area contributed by atoms with Gasteiger partial charge in [-0.25, -0.2) is 9.37 Å². The summed E-state index contributed by atoms with van der Waals surface area (Å²) in [4.78, 5) is 18.0. The highest BCUT2D eigenvalue weighted by Crippen LogP contribution is 2.33. The molecule has 2 heterocycles. The first-order valence-electron chi connectivity index (χ1n) is 10.4. The Hall–Kier alpha value is -3.16. The molecule has 0 aliphatic carbocycles. The molecule has 32 heavy (non-hydrogen) atoms. The largest absolute Gasteiger partial charge is 0.467 e. The zero-order chi connectivity index (χ0) is 21.9. The number of nitrogens with zero attached hydrogens (tertiary/aromatic N) is 2.